The number of aromatic nitrogens is 1. The zero-order valence-corrected chi connectivity index (χ0v) is 7.65. The average Bonchev–Trinajstić information content (AvgIpc) is 1.97. The molecule has 12 heavy (non-hydrogen) atoms. The van der Waals surface area contributed by atoms with Gasteiger partial charge >= 0.3 is 0 Å². The molecule has 1 nitrogen and oxygen atoms in total. The summed E-state index contributed by atoms with van der Waals surface area (Å²) < 4.78 is 49.0. The SMILES string of the molecule is Fc1ncc(I)c(F)c1C(F)F. The van der Waals surface area contributed by atoms with Gasteiger partial charge in [-0.25, -0.2) is 18.2 Å². The van der Waals surface area contributed by atoms with E-state index in [4.69, 9.17) is 0 Å². The largest absolute Gasteiger partial charge is 0.271 e. The summed E-state index contributed by atoms with van der Waals surface area (Å²) in [4.78, 5) is 2.97. The molecule has 0 N–H and O–H groups in total. The smallest absolute Gasteiger partial charge is 0.227 e. The van der Waals surface area contributed by atoms with Gasteiger partial charge in [0.05, 0.1) is 3.57 Å². The number of rotatable bonds is 1. The van der Waals surface area contributed by atoms with E-state index < -0.39 is 23.8 Å². The predicted octanol–water partition coefficient (Wildman–Crippen LogP) is 2.90. The maximum Gasteiger partial charge on any atom is 0.271 e. The lowest BCUT2D eigenvalue weighted by Crippen LogP contribution is -2.01. The molecule has 1 aromatic heterocycles. The van der Waals surface area contributed by atoms with Crippen molar-refractivity contribution in [1.82, 2.24) is 4.98 Å². The molecule has 66 valence electrons. The lowest BCUT2D eigenvalue weighted by Gasteiger charge is -2.02. The highest BCUT2D eigenvalue weighted by Gasteiger charge is 2.21. The summed E-state index contributed by atoms with van der Waals surface area (Å²) in [6.45, 7) is 0. The first-order valence-electron chi connectivity index (χ1n) is 2.81. The van der Waals surface area contributed by atoms with Crippen LogP contribution in [0.15, 0.2) is 6.20 Å². The first kappa shape index (κ1) is 9.69. The highest BCUT2D eigenvalue weighted by atomic mass is 127. The number of hydrogen-bond acceptors (Lipinski definition) is 1. The fourth-order valence-corrected chi connectivity index (χ4v) is 1.07. The second kappa shape index (κ2) is 3.55. The molecule has 0 aliphatic heterocycles. The van der Waals surface area contributed by atoms with Gasteiger partial charge in [-0.15, -0.1) is 0 Å². The van der Waals surface area contributed by atoms with Crippen molar-refractivity contribution in [3.8, 4) is 0 Å². The minimum atomic E-state index is -3.17. The van der Waals surface area contributed by atoms with Gasteiger partial charge in [0.1, 0.15) is 5.56 Å². The summed E-state index contributed by atoms with van der Waals surface area (Å²) in [5.74, 6) is -2.69. The molecular weight excluding hydrogens is 289 g/mol. The van der Waals surface area contributed by atoms with Crippen LogP contribution in [-0.2, 0) is 0 Å². The highest BCUT2D eigenvalue weighted by molar-refractivity contribution is 14.1. The van der Waals surface area contributed by atoms with Gasteiger partial charge in [0.2, 0.25) is 5.95 Å². The molecule has 1 aromatic rings. The molecule has 6 heteroatoms. The second-order valence-electron chi connectivity index (χ2n) is 1.93. The van der Waals surface area contributed by atoms with Crippen molar-refractivity contribution in [3.63, 3.8) is 0 Å². The fourth-order valence-electron chi connectivity index (χ4n) is 0.645. The van der Waals surface area contributed by atoms with Crippen LogP contribution in [0.1, 0.15) is 12.0 Å². The molecule has 0 atom stereocenters. The van der Waals surface area contributed by atoms with Crippen LogP contribution in [0, 0.1) is 15.3 Å². The normalized spacial score (nSPS) is 10.8. The third kappa shape index (κ3) is 1.67. The van der Waals surface area contributed by atoms with Crippen molar-refractivity contribution in [2.75, 3.05) is 0 Å². The maximum atomic E-state index is 12.7. The van der Waals surface area contributed by atoms with Crippen LogP contribution < -0.4 is 0 Å². The molecule has 0 aliphatic carbocycles. The first-order chi connectivity index (χ1) is 5.54. The molecular formula is C6H2F4IN. The first-order valence-corrected chi connectivity index (χ1v) is 3.89. The summed E-state index contributed by atoms with van der Waals surface area (Å²) in [6, 6.07) is 0. The zero-order chi connectivity index (χ0) is 9.30. The highest BCUT2D eigenvalue weighted by Crippen LogP contribution is 2.26. The van der Waals surface area contributed by atoms with Gasteiger partial charge in [0, 0.05) is 6.20 Å². The van der Waals surface area contributed by atoms with E-state index in [0.29, 0.717) is 0 Å². The lowest BCUT2D eigenvalue weighted by molar-refractivity contribution is 0.139. The Morgan fingerprint density at radius 3 is 2.33 bits per heavy atom. The topological polar surface area (TPSA) is 12.9 Å². The Bertz CT molecular complexity index is 302. The number of hydrogen-bond donors (Lipinski definition) is 0. The van der Waals surface area contributed by atoms with Crippen LogP contribution in [0.25, 0.3) is 0 Å². The number of nitrogens with zero attached hydrogens (tertiary/aromatic N) is 1. The third-order valence-electron chi connectivity index (χ3n) is 1.18. The molecule has 0 bridgehead atoms. The number of pyridine rings is 1. The van der Waals surface area contributed by atoms with Crippen LogP contribution in [0.4, 0.5) is 17.6 Å². The van der Waals surface area contributed by atoms with Gasteiger partial charge in [-0.2, -0.15) is 4.39 Å². The quantitative estimate of drug-likeness (QED) is 0.440. The molecule has 0 spiro atoms. The van der Waals surface area contributed by atoms with Crippen molar-refractivity contribution in [2.45, 2.75) is 6.43 Å². The van der Waals surface area contributed by atoms with Crippen molar-refractivity contribution in [1.29, 1.82) is 0 Å². The Morgan fingerprint density at radius 2 is 1.92 bits per heavy atom. The summed E-state index contributed by atoms with van der Waals surface area (Å²) in [7, 11) is 0. The molecule has 1 rings (SSSR count). The van der Waals surface area contributed by atoms with Crippen LogP contribution >= 0.6 is 22.6 Å². The summed E-state index contributed by atoms with van der Waals surface area (Å²) in [5, 5.41) is 0. The standard InChI is InChI=1S/C6H2F4IN/c7-4-2(11)1-12-6(10)3(4)5(8)9/h1,5H. The summed E-state index contributed by atoms with van der Waals surface area (Å²) in [5.41, 5.74) is -1.26. The molecule has 0 aromatic carbocycles. The van der Waals surface area contributed by atoms with Crippen molar-refractivity contribution < 1.29 is 17.6 Å². The third-order valence-corrected chi connectivity index (χ3v) is 1.93. The Kier molecular flexibility index (Phi) is 2.86. The zero-order valence-electron chi connectivity index (χ0n) is 5.49. The van der Waals surface area contributed by atoms with Crippen molar-refractivity contribution in [2.24, 2.45) is 0 Å². The molecule has 0 saturated carbocycles. The minimum absolute atomic E-state index is 0.121. The molecule has 0 fully saturated rings. The summed E-state index contributed by atoms with van der Waals surface area (Å²) in [6.07, 6.45) is -2.32. The van der Waals surface area contributed by atoms with E-state index in [1.165, 1.54) is 22.6 Å². The molecule has 0 saturated heterocycles. The Labute approximate surface area is 78.9 Å². The molecule has 1 heterocycles. The van der Waals surface area contributed by atoms with E-state index in [0.717, 1.165) is 6.20 Å². The van der Waals surface area contributed by atoms with E-state index in [9.17, 15) is 17.6 Å². The maximum absolute atomic E-state index is 12.7. The van der Waals surface area contributed by atoms with Gasteiger partial charge < -0.3 is 0 Å². The van der Waals surface area contributed by atoms with E-state index >= 15 is 0 Å². The molecule has 0 amide bonds. The second-order valence-corrected chi connectivity index (χ2v) is 3.09. The number of halogens is 5. The van der Waals surface area contributed by atoms with E-state index in [1.54, 1.807) is 0 Å². The van der Waals surface area contributed by atoms with Crippen LogP contribution in [0.5, 0.6) is 0 Å². The van der Waals surface area contributed by atoms with E-state index in [1.807, 2.05) is 0 Å². The van der Waals surface area contributed by atoms with Gasteiger partial charge in [-0.05, 0) is 22.6 Å². The van der Waals surface area contributed by atoms with Gasteiger partial charge in [-0.1, -0.05) is 0 Å². The monoisotopic (exact) mass is 291 g/mol. The van der Waals surface area contributed by atoms with Gasteiger partial charge in [0.25, 0.3) is 6.43 Å². The van der Waals surface area contributed by atoms with E-state index in [-0.39, 0.29) is 3.57 Å². The van der Waals surface area contributed by atoms with Crippen LogP contribution in [0.2, 0.25) is 0 Å². The summed E-state index contributed by atoms with van der Waals surface area (Å²) >= 11 is 1.46. The fraction of sp³-hybridized carbons (Fsp3) is 0.167. The van der Waals surface area contributed by atoms with Crippen molar-refractivity contribution in [3.05, 3.63) is 27.1 Å². The van der Waals surface area contributed by atoms with Crippen LogP contribution in [-0.4, -0.2) is 4.98 Å². The van der Waals surface area contributed by atoms with Crippen molar-refractivity contribution >= 4 is 22.6 Å². The van der Waals surface area contributed by atoms with Crippen LogP contribution in [0.3, 0.4) is 0 Å². The Hall–Kier alpha value is -0.400. The average molecular weight is 291 g/mol. The Morgan fingerprint density at radius 1 is 1.33 bits per heavy atom. The number of alkyl halides is 2. The molecule has 0 radical (unpaired) electrons. The molecule has 0 unspecified atom stereocenters. The Balaban J connectivity index is 3.33. The molecule has 0 aliphatic rings. The van der Waals surface area contributed by atoms with Gasteiger partial charge in [0.15, 0.2) is 5.82 Å². The predicted molar refractivity (Wildman–Crippen MR) is 41.8 cm³/mol. The minimum Gasteiger partial charge on any atom is -0.227 e. The lowest BCUT2D eigenvalue weighted by atomic mass is 10.3. The van der Waals surface area contributed by atoms with Gasteiger partial charge in [-0.3, -0.25) is 0 Å². The van der Waals surface area contributed by atoms with E-state index in [2.05, 4.69) is 4.98 Å².